The van der Waals surface area contributed by atoms with E-state index in [1.807, 2.05) is 0 Å². The van der Waals surface area contributed by atoms with Crippen molar-refractivity contribution in [1.82, 2.24) is 0 Å². The summed E-state index contributed by atoms with van der Waals surface area (Å²) in [6.45, 7) is 0.384. The minimum atomic E-state index is -0.572. The first-order chi connectivity index (χ1) is 10.0. The molecule has 4 N–H and O–H groups in total. The van der Waals surface area contributed by atoms with Gasteiger partial charge in [0, 0.05) is 17.8 Å². The Morgan fingerprint density at radius 2 is 2.14 bits per heavy atom. The molecule has 0 spiro atoms. The fourth-order valence-corrected chi connectivity index (χ4v) is 2.17. The minimum absolute atomic E-state index is 0.0901. The van der Waals surface area contributed by atoms with Gasteiger partial charge in [0.25, 0.3) is 0 Å². The number of hydrogen-bond acceptors (Lipinski definition) is 4. The monoisotopic (exact) mass is 306 g/mol. The molecule has 0 aliphatic carbocycles. The first-order valence-corrected chi connectivity index (χ1v) is 6.58. The lowest BCUT2D eigenvalue weighted by Crippen LogP contribution is -2.11. The topological polar surface area (TPSA) is 84.6 Å². The molecule has 0 aliphatic rings. The predicted molar refractivity (Wildman–Crippen MR) is 82.0 cm³/mol. The van der Waals surface area contributed by atoms with E-state index < -0.39 is 5.91 Å². The number of para-hydroxylation sites is 1. The van der Waals surface area contributed by atoms with Crippen LogP contribution >= 0.6 is 11.6 Å². The summed E-state index contributed by atoms with van der Waals surface area (Å²) in [7, 11) is 1.49. The van der Waals surface area contributed by atoms with Crippen LogP contribution in [-0.2, 0) is 6.54 Å². The summed E-state index contributed by atoms with van der Waals surface area (Å²) in [6, 6.07) is 10.1. The number of anilines is 1. The largest absolute Gasteiger partial charge is 0.504 e. The first-order valence-electron chi connectivity index (χ1n) is 6.21. The number of benzene rings is 2. The number of primary amides is 1. The molecule has 0 aromatic heterocycles. The maximum absolute atomic E-state index is 11.1. The van der Waals surface area contributed by atoms with Gasteiger partial charge in [0.05, 0.1) is 17.7 Å². The van der Waals surface area contributed by atoms with E-state index in [1.54, 1.807) is 36.4 Å². The van der Waals surface area contributed by atoms with E-state index in [1.165, 1.54) is 7.11 Å². The van der Waals surface area contributed by atoms with Crippen LogP contribution in [0.3, 0.4) is 0 Å². The van der Waals surface area contributed by atoms with Crippen LogP contribution in [0.2, 0.25) is 5.02 Å². The van der Waals surface area contributed by atoms with Crippen molar-refractivity contribution < 1.29 is 14.6 Å². The molecule has 0 atom stereocenters. The smallest absolute Gasteiger partial charge is 0.250 e. The Morgan fingerprint density at radius 1 is 1.38 bits per heavy atom. The Kier molecular flexibility index (Phi) is 4.55. The van der Waals surface area contributed by atoms with Gasteiger partial charge in [-0.2, -0.15) is 0 Å². The normalized spacial score (nSPS) is 10.2. The molecule has 2 aromatic carbocycles. The van der Waals surface area contributed by atoms with Gasteiger partial charge < -0.3 is 20.9 Å². The van der Waals surface area contributed by atoms with Crippen LogP contribution in [0, 0.1) is 0 Å². The van der Waals surface area contributed by atoms with Crippen LogP contribution in [0.15, 0.2) is 36.4 Å². The first kappa shape index (κ1) is 15.0. The van der Waals surface area contributed by atoms with Crippen LogP contribution in [0.5, 0.6) is 11.5 Å². The zero-order valence-electron chi connectivity index (χ0n) is 11.4. The minimum Gasteiger partial charge on any atom is -0.504 e. The molecule has 1 amide bonds. The lowest BCUT2D eigenvalue weighted by molar-refractivity contribution is 0.100. The average molecular weight is 307 g/mol. The van der Waals surface area contributed by atoms with Crippen LogP contribution in [0.25, 0.3) is 0 Å². The molecule has 0 saturated carbocycles. The number of phenolic OH excluding ortho intramolecular Hbond substituents is 1. The lowest BCUT2D eigenvalue weighted by atomic mass is 10.1. The third kappa shape index (κ3) is 3.38. The number of phenols is 1. The van der Waals surface area contributed by atoms with Gasteiger partial charge in [-0.05, 0) is 24.3 Å². The molecule has 0 fully saturated rings. The predicted octanol–water partition coefficient (Wildman–Crippen LogP) is 2.77. The van der Waals surface area contributed by atoms with Gasteiger partial charge in [0.1, 0.15) is 0 Å². The molecule has 0 aliphatic heterocycles. The Hall–Kier alpha value is -2.40. The van der Waals surface area contributed by atoms with Crippen molar-refractivity contribution in [2.24, 2.45) is 5.73 Å². The summed E-state index contributed by atoms with van der Waals surface area (Å²) >= 11 is 5.97. The summed E-state index contributed by atoms with van der Waals surface area (Å²) < 4.78 is 5.05. The summed E-state index contributed by atoms with van der Waals surface area (Å²) in [4.78, 5) is 11.1. The van der Waals surface area contributed by atoms with E-state index in [-0.39, 0.29) is 16.3 Å². The van der Waals surface area contributed by atoms with Gasteiger partial charge >= 0.3 is 0 Å². The molecule has 5 nitrogen and oxygen atoms in total. The highest BCUT2D eigenvalue weighted by Gasteiger charge is 2.09. The Labute approximate surface area is 127 Å². The van der Waals surface area contributed by atoms with Crippen molar-refractivity contribution in [1.29, 1.82) is 0 Å². The number of carbonyl (C=O) groups is 1. The van der Waals surface area contributed by atoms with Crippen molar-refractivity contribution in [3.63, 3.8) is 0 Å². The highest BCUT2D eigenvalue weighted by atomic mass is 35.5. The molecule has 0 unspecified atom stereocenters. The summed E-state index contributed by atoms with van der Waals surface area (Å²) in [5.41, 5.74) is 6.86. The number of halogens is 1. The molecule has 6 heteroatoms. The molecule has 2 aromatic rings. The number of nitrogens with two attached hydrogens (primary N) is 1. The van der Waals surface area contributed by atoms with Crippen LogP contribution in [0.4, 0.5) is 5.69 Å². The fourth-order valence-electron chi connectivity index (χ4n) is 1.90. The van der Waals surface area contributed by atoms with Crippen molar-refractivity contribution in [3.05, 3.63) is 52.5 Å². The molecule has 2 rings (SSSR count). The zero-order valence-corrected chi connectivity index (χ0v) is 12.1. The molecule has 110 valence electrons. The van der Waals surface area contributed by atoms with Gasteiger partial charge in [-0.15, -0.1) is 0 Å². The Bertz CT molecular complexity index is 674. The van der Waals surface area contributed by atoms with Gasteiger partial charge in [0.2, 0.25) is 5.91 Å². The number of hydrogen-bond donors (Lipinski definition) is 3. The van der Waals surface area contributed by atoms with Crippen LogP contribution in [0.1, 0.15) is 15.9 Å². The fraction of sp³-hybridized carbons (Fsp3) is 0.133. The molecule has 0 heterocycles. The number of aromatic hydroxyl groups is 1. The summed E-state index contributed by atoms with van der Waals surface area (Å²) in [6.07, 6.45) is 0. The molecule has 0 radical (unpaired) electrons. The van der Waals surface area contributed by atoms with E-state index in [9.17, 15) is 9.90 Å². The number of methoxy groups -OCH3 is 1. The third-order valence-electron chi connectivity index (χ3n) is 3.02. The number of ether oxygens (including phenoxy) is 1. The van der Waals surface area contributed by atoms with Gasteiger partial charge in [-0.1, -0.05) is 23.7 Å². The number of amides is 1. The number of carbonyl (C=O) groups excluding carboxylic acids is 1. The molecule has 21 heavy (non-hydrogen) atoms. The maximum atomic E-state index is 11.1. The number of nitrogens with one attached hydrogen (secondary N) is 1. The molecular formula is C15H15ClN2O3. The summed E-state index contributed by atoms with van der Waals surface area (Å²) in [5.74, 6) is -0.0687. The van der Waals surface area contributed by atoms with E-state index in [4.69, 9.17) is 22.1 Å². The van der Waals surface area contributed by atoms with Gasteiger partial charge in [-0.3, -0.25) is 4.79 Å². The van der Waals surface area contributed by atoms with E-state index in [0.29, 0.717) is 23.5 Å². The molecule has 0 bridgehead atoms. The SMILES string of the molecule is COc1cccc(CNc2ccc(C(N)=O)c(Cl)c2)c1O. The summed E-state index contributed by atoms with van der Waals surface area (Å²) in [5, 5.41) is 13.4. The van der Waals surface area contributed by atoms with Crippen molar-refractivity contribution in [2.45, 2.75) is 6.54 Å². The van der Waals surface area contributed by atoms with E-state index in [0.717, 1.165) is 0 Å². The van der Waals surface area contributed by atoms with Crippen molar-refractivity contribution >= 4 is 23.2 Å². The second kappa shape index (κ2) is 6.37. The van der Waals surface area contributed by atoms with Crippen LogP contribution < -0.4 is 15.8 Å². The van der Waals surface area contributed by atoms with E-state index >= 15 is 0 Å². The highest BCUT2D eigenvalue weighted by Crippen LogP contribution is 2.30. The van der Waals surface area contributed by atoms with Gasteiger partial charge in [0.15, 0.2) is 11.5 Å². The zero-order chi connectivity index (χ0) is 15.4. The molecule has 0 saturated heterocycles. The van der Waals surface area contributed by atoms with Gasteiger partial charge in [-0.25, -0.2) is 0 Å². The Balaban J connectivity index is 2.14. The standard InChI is InChI=1S/C15H15ClN2O3/c1-21-13-4-2-3-9(14(13)19)8-18-10-5-6-11(15(17)20)12(16)7-10/h2-7,18-19H,8H2,1H3,(H2,17,20). The quantitative estimate of drug-likeness (QED) is 0.793. The average Bonchev–Trinajstić information content (AvgIpc) is 2.46. The number of rotatable bonds is 5. The van der Waals surface area contributed by atoms with Crippen molar-refractivity contribution in [2.75, 3.05) is 12.4 Å². The van der Waals surface area contributed by atoms with Crippen LogP contribution in [-0.4, -0.2) is 18.1 Å². The van der Waals surface area contributed by atoms with E-state index in [2.05, 4.69) is 5.32 Å². The second-order valence-electron chi connectivity index (χ2n) is 4.38. The molecular weight excluding hydrogens is 292 g/mol. The maximum Gasteiger partial charge on any atom is 0.250 e. The highest BCUT2D eigenvalue weighted by molar-refractivity contribution is 6.34. The second-order valence-corrected chi connectivity index (χ2v) is 4.79. The lowest BCUT2D eigenvalue weighted by Gasteiger charge is -2.11. The Morgan fingerprint density at radius 3 is 2.76 bits per heavy atom. The van der Waals surface area contributed by atoms with Crippen molar-refractivity contribution in [3.8, 4) is 11.5 Å². The third-order valence-corrected chi connectivity index (χ3v) is 3.33.